The Balaban J connectivity index is 2.08. The van der Waals surface area contributed by atoms with Crippen LogP contribution >= 0.6 is 11.6 Å². The van der Waals surface area contributed by atoms with Gasteiger partial charge in [0.15, 0.2) is 0 Å². The van der Waals surface area contributed by atoms with Crippen molar-refractivity contribution in [2.45, 2.75) is 13.0 Å². The van der Waals surface area contributed by atoms with E-state index in [4.69, 9.17) is 16.3 Å². The van der Waals surface area contributed by atoms with Crippen molar-refractivity contribution in [1.82, 2.24) is 4.90 Å². The fourth-order valence-corrected chi connectivity index (χ4v) is 3.33. The van der Waals surface area contributed by atoms with Gasteiger partial charge in [0, 0.05) is 30.8 Å². The Bertz CT molecular complexity index is 721. The van der Waals surface area contributed by atoms with Crippen LogP contribution in [-0.4, -0.2) is 37.7 Å². The molecule has 0 bridgehead atoms. The molecule has 1 aliphatic rings. The predicted octanol–water partition coefficient (Wildman–Crippen LogP) is 4.34. The second-order valence-electron chi connectivity index (χ2n) is 5.75. The Hall–Kier alpha value is -2.04. The van der Waals surface area contributed by atoms with E-state index in [9.17, 15) is 4.79 Å². The summed E-state index contributed by atoms with van der Waals surface area (Å²) in [5, 5.41) is 0.669. The minimum absolute atomic E-state index is 0.0293. The fourth-order valence-electron chi connectivity index (χ4n) is 3.15. The first-order chi connectivity index (χ1) is 11.6. The number of fused-ring (bicyclic) bond motifs is 1. The van der Waals surface area contributed by atoms with E-state index in [1.165, 1.54) is 0 Å². The van der Waals surface area contributed by atoms with Crippen molar-refractivity contribution in [2.75, 3.05) is 31.7 Å². The molecule has 24 heavy (non-hydrogen) atoms. The lowest BCUT2D eigenvalue weighted by molar-refractivity contribution is 0.111. The molecular formula is C19H21ClN2O2. The van der Waals surface area contributed by atoms with Gasteiger partial charge in [-0.1, -0.05) is 41.9 Å². The third-order valence-electron chi connectivity index (χ3n) is 4.29. The van der Waals surface area contributed by atoms with E-state index in [2.05, 4.69) is 0 Å². The highest BCUT2D eigenvalue weighted by molar-refractivity contribution is 6.30. The van der Waals surface area contributed by atoms with Crippen molar-refractivity contribution in [3.05, 3.63) is 64.7 Å². The van der Waals surface area contributed by atoms with Gasteiger partial charge in [0.1, 0.15) is 0 Å². The van der Waals surface area contributed by atoms with Crippen LogP contribution in [0.1, 0.15) is 24.1 Å². The molecule has 0 saturated carbocycles. The van der Waals surface area contributed by atoms with Crippen LogP contribution in [-0.2, 0) is 4.74 Å². The number of ether oxygens (including phenoxy) is 1. The molecule has 0 radical (unpaired) electrons. The number of amides is 2. The van der Waals surface area contributed by atoms with Crippen LogP contribution in [0.4, 0.5) is 10.5 Å². The van der Waals surface area contributed by atoms with E-state index in [0.29, 0.717) is 24.8 Å². The lowest BCUT2D eigenvalue weighted by Crippen LogP contribution is -2.49. The Morgan fingerprint density at radius 1 is 1.17 bits per heavy atom. The van der Waals surface area contributed by atoms with Crippen LogP contribution in [0.3, 0.4) is 0 Å². The van der Waals surface area contributed by atoms with E-state index in [1.807, 2.05) is 60.4 Å². The van der Waals surface area contributed by atoms with Gasteiger partial charge in [0.05, 0.1) is 18.3 Å². The van der Waals surface area contributed by atoms with Crippen LogP contribution in [0, 0.1) is 0 Å². The molecule has 0 saturated heterocycles. The maximum absolute atomic E-state index is 12.9. The van der Waals surface area contributed by atoms with Crippen LogP contribution in [0.15, 0.2) is 48.5 Å². The molecule has 1 atom stereocenters. The van der Waals surface area contributed by atoms with Crippen molar-refractivity contribution in [1.29, 1.82) is 0 Å². The minimum atomic E-state index is -0.163. The second-order valence-corrected chi connectivity index (χ2v) is 6.18. The van der Waals surface area contributed by atoms with Gasteiger partial charge in [-0.3, -0.25) is 4.90 Å². The molecule has 2 aromatic rings. The highest BCUT2D eigenvalue weighted by Gasteiger charge is 2.36. The number of halogens is 1. The van der Waals surface area contributed by atoms with E-state index >= 15 is 0 Å². The van der Waals surface area contributed by atoms with Gasteiger partial charge in [-0.05, 0) is 30.7 Å². The molecule has 2 amide bonds. The zero-order chi connectivity index (χ0) is 17.1. The maximum atomic E-state index is 12.9. The van der Waals surface area contributed by atoms with Gasteiger partial charge in [-0.15, -0.1) is 0 Å². The second kappa shape index (κ2) is 7.24. The third-order valence-corrected chi connectivity index (χ3v) is 4.52. The number of rotatable bonds is 5. The van der Waals surface area contributed by atoms with Gasteiger partial charge in [0.25, 0.3) is 0 Å². The SMILES string of the molecule is CCOCCN1C(=O)N(C)c2ccc(Cl)cc2C1c1ccccc1. The highest BCUT2D eigenvalue weighted by Crippen LogP contribution is 2.40. The zero-order valence-electron chi connectivity index (χ0n) is 13.9. The number of benzene rings is 2. The number of urea groups is 1. The summed E-state index contributed by atoms with van der Waals surface area (Å²) in [6, 6.07) is 15.5. The Labute approximate surface area is 147 Å². The first kappa shape index (κ1) is 16.8. The predicted molar refractivity (Wildman–Crippen MR) is 96.7 cm³/mol. The molecule has 0 fully saturated rings. The lowest BCUT2D eigenvalue weighted by Gasteiger charge is -2.41. The highest BCUT2D eigenvalue weighted by atomic mass is 35.5. The smallest absolute Gasteiger partial charge is 0.325 e. The molecule has 0 spiro atoms. The van der Waals surface area contributed by atoms with E-state index < -0.39 is 0 Å². The number of hydrogen-bond acceptors (Lipinski definition) is 2. The summed E-state index contributed by atoms with van der Waals surface area (Å²) in [6.45, 7) is 3.63. The van der Waals surface area contributed by atoms with Gasteiger partial charge in [-0.25, -0.2) is 4.79 Å². The minimum Gasteiger partial charge on any atom is -0.380 e. The molecule has 0 aromatic heterocycles. The van der Waals surface area contributed by atoms with Crippen molar-refractivity contribution in [3.8, 4) is 0 Å². The summed E-state index contributed by atoms with van der Waals surface area (Å²) in [7, 11) is 1.80. The molecule has 5 heteroatoms. The summed E-state index contributed by atoms with van der Waals surface area (Å²) >= 11 is 6.24. The summed E-state index contributed by atoms with van der Waals surface area (Å²) < 4.78 is 5.48. The van der Waals surface area contributed by atoms with E-state index in [1.54, 1.807) is 11.9 Å². The summed E-state index contributed by atoms with van der Waals surface area (Å²) in [6.07, 6.45) is 0. The topological polar surface area (TPSA) is 32.8 Å². The van der Waals surface area contributed by atoms with Gasteiger partial charge in [0.2, 0.25) is 0 Å². The molecule has 1 aliphatic heterocycles. The van der Waals surface area contributed by atoms with Crippen LogP contribution in [0.25, 0.3) is 0 Å². The molecule has 126 valence electrons. The molecule has 3 rings (SSSR count). The lowest BCUT2D eigenvalue weighted by atomic mass is 9.93. The Kier molecular flexibility index (Phi) is 5.07. The largest absolute Gasteiger partial charge is 0.380 e. The first-order valence-electron chi connectivity index (χ1n) is 8.10. The molecule has 0 aliphatic carbocycles. The van der Waals surface area contributed by atoms with Crippen molar-refractivity contribution >= 4 is 23.3 Å². The summed E-state index contributed by atoms with van der Waals surface area (Å²) in [4.78, 5) is 16.4. The molecule has 0 N–H and O–H groups in total. The van der Waals surface area contributed by atoms with Crippen molar-refractivity contribution < 1.29 is 9.53 Å². The van der Waals surface area contributed by atoms with Crippen LogP contribution in [0.2, 0.25) is 5.02 Å². The van der Waals surface area contributed by atoms with E-state index in [-0.39, 0.29) is 12.1 Å². The van der Waals surface area contributed by atoms with Crippen LogP contribution in [0.5, 0.6) is 0 Å². The monoisotopic (exact) mass is 344 g/mol. The quantitative estimate of drug-likeness (QED) is 0.756. The maximum Gasteiger partial charge on any atom is 0.325 e. The normalized spacial score (nSPS) is 17.1. The van der Waals surface area contributed by atoms with Gasteiger partial charge < -0.3 is 9.64 Å². The number of carbonyl (C=O) groups excluding carboxylic acids is 1. The molecule has 1 heterocycles. The molecule has 4 nitrogen and oxygen atoms in total. The number of hydrogen-bond donors (Lipinski definition) is 0. The van der Waals surface area contributed by atoms with Gasteiger partial charge >= 0.3 is 6.03 Å². The average Bonchev–Trinajstić information content (AvgIpc) is 2.60. The Morgan fingerprint density at radius 2 is 1.92 bits per heavy atom. The number of nitrogens with zero attached hydrogens (tertiary/aromatic N) is 2. The average molecular weight is 345 g/mol. The number of carbonyl (C=O) groups is 1. The first-order valence-corrected chi connectivity index (χ1v) is 8.47. The summed E-state index contributed by atoms with van der Waals surface area (Å²) in [5.74, 6) is 0. The van der Waals surface area contributed by atoms with Crippen LogP contribution < -0.4 is 4.90 Å². The van der Waals surface area contributed by atoms with Crippen molar-refractivity contribution in [3.63, 3.8) is 0 Å². The zero-order valence-corrected chi connectivity index (χ0v) is 14.7. The third kappa shape index (κ3) is 3.12. The number of anilines is 1. The molecule has 1 unspecified atom stereocenters. The molecule has 2 aromatic carbocycles. The Morgan fingerprint density at radius 3 is 2.62 bits per heavy atom. The van der Waals surface area contributed by atoms with Crippen molar-refractivity contribution in [2.24, 2.45) is 0 Å². The fraction of sp³-hybridized carbons (Fsp3) is 0.316. The van der Waals surface area contributed by atoms with E-state index in [0.717, 1.165) is 16.8 Å². The molecular weight excluding hydrogens is 324 g/mol. The standard InChI is InChI=1S/C19H21ClN2O2/c1-3-24-12-11-22-18(14-7-5-4-6-8-14)16-13-15(20)9-10-17(16)21(2)19(22)23/h4-10,13,18H,3,11-12H2,1-2H3. The van der Waals surface area contributed by atoms with Gasteiger partial charge in [-0.2, -0.15) is 0 Å². The summed E-state index contributed by atoms with van der Waals surface area (Å²) in [5.41, 5.74) is 3.00.